The highest BCUT2D eigenvalue weighted by atomic mass is 14.6. The van der Waals surface area contributed by atoms with Crippen LogP contribution in [0.1, 0.15) is 5.56 Å². The van der Waals surface area contributed by atoms with E-state index in [1.54, 1.807) is 12.4 Å². The number of rotatable bonds is 1. The first-order valence-electron chi connectivity index (χ1n) is 5.62. The zero-order valence-corrected chi connectivity index (χ0v) is 9.59. The topological polar surface area (TPSA) is 36.7 Å². The lowest BCUT2D eigenvalue weighted by Gasteiger charge is -2.03. The largest absolute Gasteiger partial charge is 0.263 e. The van der Waals surface area contributed by atoms with Gasteiger partial charge in [-0.25, -0.2) is 0 Å². The van der Waals surface area contributed by atoms with Crippen molar-refractivity contribution >= 4 is 10.8 Å². The van der Waals surface area contributed by atoms with E-state index in [0.29, 0.717) is 5.56 Å². The standard InChI is InChI=1S/C16H9N2/c17-9-12-7-16(11-18-10-12)15-6-5-13-3-1-2-4-14(13)8-15/h2-8,10-11H. The molecule has 2 nitrogen and oxygen atoms in total. The molecule has 1 aromatic heterocycles. The molecule has 0 bridgehead atoms. The Labute approximate surface area is 105 Å². The van der Waals surface area contributed by atoms with Crippen molar-refractivity contribution in [2.24, 2.45) is 0 Å². The van der Waals surface area contributed by atoms with E-state index >= 15 is 0 Å². The number of aromatic nitrogens is 1. The Kier molecular flexibility index (Phi) is 2.51. The van der Waals surface area contributed by atoms with Crippen molar-refractivity contribution in [3.8, 4) is 17.2 Å². The Morgan fingerprint density at radius 1 is 1.00 bits per heavy atom. The molecule has 0 atom stereocenters. The molecule has 0 fully saturated rings. The highest BCUT2D eigenvalue weighted by Crippen LogP contribution is 2.24. The summed E-state index contributed by atoms with van der Waals surface area (Å²) < 4.78 is 0. The molecule has 83 valence electrons. The predicted octanol–water partition coefficient (Wildman–Crippen LogP) is 3.57. The summed E-state index contributed by atoms with van der Waals surface area (Å²) in [6.45, 7) is 0. The Hall–Kier alpha value is -2.66. The van der Waals surface area contributed by atoms with Gasteiger partial charge < -0.3 is 0 Å². The molecule has 2 aromatic carbocycles. The van der Waals surface area contributed by atoms with Gasteiger partial charge in [0.05, 0.1) is 5.56 Å². The summed E-state index contributed by atoms with van der Waals surface area (Å²) in [5.74, 6) is 0. The van der Waals surface area contributed by atoms with Gasteiger partial charge in [0, 0.05) is 18.0 Å². The molecular weight excluding hydrogens is 220 g/mol. The van der Waals surface area contributed by atoms with E-state index in [4.69, 9.17) is 5.26 Å². The van der Waals surface area contributed by atoms with Crippen molar-refractivity contribution in [1.82, 2.24) is 4.98 Å². The molecule has 0 saturated carbocycles. The maximum Gasteiger partial charge on any atom is 0.101 e. The van der Waals surface area contributed by atoms with Crippen LogP contribution in [-0.4, -0.2) is 4.98 Å². The maximum absolute atomic E-state index is 8.89. The first-order chi connectivity index (χ1) is 8.86. The molecule has 2 heteroatoms. The second kappa shape index (κ2) is 4.31. The van der Waals surface area contributed by atoms with Gasteiger partial charge in [-0.1, -0.05) is 24.3 Å². The van der Waals surface area contributed by atoms with E-state index in [1.165, 1.54) is 0 Å². The maximum atomic E-state index is 8.89. The molecule has 3 rings (SSSR count). The highest BCUT2D eigenvalue weighted by molar-refractivity contribution is 5.87. The molecule has 0 saturated heterocycles. The Bertz CT molecular complexity index is 754. The normalized spacial score (nSPS) is 10.2. The zero-order valence-electron chi connectivity index (χ0n) is 9.59. The first kappa shape index (κ1) is 10.5. The van der Waals surface area contributed by atoms with Crippen LogP contribution in [-0.2, 0) is 0 Å². The van der Waals surface area contributed by atoms with Gasteiger partial charge in [-0.2, -0.15) is 5.26 Å². The summed E-state index contributed by atoms with van der Waals surface area (Å²) in [4.78, 5) is 4.08. The van der Waals surface area contributed by atoms with Gasteiger partial charge in [0.1, 0.15) is 6.07 Å². The summed E-state index contributed by atoms with van der Waals surface area (Å²) in [7, 11) is 0. The third-order valence-corrected chi connectivity index (χ3v) is 2.89. The minimum Gasteiger partial charge on any atom is -0.263 e. The van der Waals surface area contributed by atoms with Crippen molar-refractivity contribution in [2.45, 2.75) is 0 Å². The lowest BCUT2D eigenvalue weighted by molar-refractivity contribution is 1.30. The van der Waals surface area contributed by atoms with Crippen LogP contribution in [0.3, 0.4) is 0 Å². The van der Waals surface area contributed by atoms with Crippen molar-refractivity contribution in [3.63, 3.8) is 0 Å². The Morgan fingerprint density at radius 3 is 2.83 bits per heavy atom. The number of hydrogen-bond acceptors (Lipinski definition) is 2. The van der Waals surface area contributed by atoms with Crippen molar-refractivity contribution in [1.29, 1.82) is 5.26 Å². The van der Waals surface area contributed by atoms with E-state index in [1.807, 2.05) is 30.3 Å². The van der Waals surface area contributed by atoms with Crippen molar-refractivity contribution in [2.75, 3.05) is 0 Å². The summed E-state index contributed by atoms with van der Waals surface area (Å²) in [6.07, 6.45) is 3.34. The predicted molar refractivity (Wildman–Crippen MR) is 70.7 cm³/mol. The molecule has 1 heterocycles. The molecule has 0 aliphatic carbocycles. The Balaban J connectivity index is 2.16. The van der Waals surface area contributed by atoms with E-state index < -0.39 is 0 Å². The fourth-order valence-electron chi connectivity index (χ4n) is 1.96. The van der Waals surface area contributed by atoms with Crippen LogP contribution in [0.15, 0.2) is 54.9 Å². The van der Waals surface area contributed by atoms with E-state index in [9.17, 15) is 0 Å². The fourth-order valence-corrected chi connectivity index (χ4v) is 1.96. The molecular formula is C16H9N2. The third kappa shape index (κ3) is 1.83. The van der Waals surface area contributed by atoms with Crippen LogP contribution in [0.4, 0.5) is 0 Å². The van der Waals surface area contributed by atoms with E-state index in [2.05, 4.69) is 29.3 Å². The average molecular weight is 229 g/mol. The van der Waals surface area contributed by atoms with Crippen molar-refractivity contribution in [3.05, 3.63) is 66.5 Å². The monoisotopic (exact) mass is 229 g/mol. The molecule has 1 radical (unpaired) electrons. The van der Waals surface area contributed by atoms with Crippen molar-refractivity contribution < 1.29 is 0 Å². The van der Waals surface area contributed by atoms with Gasteiger partial charge in [0.2, 0.25) is 0 Å². The van der Waals surface area contributed by atoms with Gasteiger partial charge in [-0.3, -0.25) is 4.98 Å². The zero-order chi connectivity index (χ0) is 12.4. The van der Waals surface area contributed by atoms with Gasteiger partial charge in [0.25, 0.3) is 0 Å². The molecule has 18 heavy (non-hydrogen) atoms. The first-order valence-corrected chi connectivity index (χ1v) is 5.62. The van der Waals surface area contributed by atoms with Gasteiger partial charge in [-0.05, 0) is 40.6 Å². The summed E-state index contributed by atoms with van der Waals surface area (Å²) >= 11 is 0. The number of hydrogen-bond donors (Lipinski definition) is 0. The summed E-state index contributed by atoms with van der Waals surface area (Å²) in [6, 6.07) is 19.1. The molecule has 0 N–H and O–H groups in total. The molecule has 3 aromatic rings. The van der Waals surface area contributed by atoms with Crippen LogP contribution in [0.25, 0.3) is 21.9 Å². The van der Waals surface area contributed by atoms with Crippen LogP contribution in [0, 0.1) is 17.4 Å². The highest BCUT2D eigenvalue weighted by Gasteiger charge is 2.01. The van der Waals surface area contributed by atoms with Gasteiger partial charge >= 0.3 is 0 Å². The number of nitriles is 1. The summed E-state index contributed by atoms with van der Waals surface area (Å²) in [5, 5.41) is 11.2. The number of benzene rings is 2. The molecule has 0 aliphatic rings. The lowest BCUT2D eigenvalue weighted by atomic mass is 10.0. The average Bonchev–Trinajstić information content (AvgIpc) is 2.47. The molecule has 0 spiro atoms. The van der Waals surface area contributed by atoms with Gasteiger partial charge in [0.15, 0.2) is 0 Å². The smallest absolute Gasteiger partial charge is 0.101 e. The van der Waals surface area contributed by atoms with Crippen LogP contribution in [0.2, 0.25) is 0 Å². The van der Waals surface area contributed by atoms with E-state index in [0.717, 1.165) is 21.9 Å². The number of pyridine rings is 1. The molecule has 0 aliphatic heterocycles. The SMILES string of the molecule is N#Cc1cncc(-c2ccc3c[c]ccc3c2)c1. The molecule has 0 unspecified atom stereocenters. The Morgan fingerprint density at radius 2 is 1.94 bits per heavy atom. The second-order valence-corrected chi connectivity index (χ2v) is 4.06. The summed E-state index contributed by atoms with van der Waals surface area (Å²) in [5.41, 5.74) is 2.61. The number of fused-ring (bicyclic) bond motifs is 1. The quantitative estimate of drug-likeness (QED) is 0.639. The van der Waals surface area contributed by atoms with E-state index in [-0.39, 0.29) is 0 Å². The van der Waals surface area contributed by atoms with Crippen LogP contribution < -0.4 is 0 Å². The third-order valence-electron chi connectivity index (χ3n) is 2.89. The number of nitrogens with zero attached hydrogens (tertiary/aromatic N) is 2. The lowest BCUT2D eigenvalue weighted by Crippen LogP contribution is -1.83. The molecule has 0 amide bonds. The fraction of sp³-hybridized carbons (Fsp3) is 0. The van der Waals surface area contributed by atoms with Crippen LogP contribution >= 0.6 is 0 Å². The van der Waals surface area contributed by atoms with Crippen LogP contribution in [0.5, 0.6) is 0 Å². The second-order valence-electron chi connectivity index (χ2n) is 4.06. The minimum absolute atomic E-state index is 0.578. The van der Waals surface area contributed by atoms with Gasteiger partial charge in [-0.15, -0.1) is 0 Å². The minimum atomic E-state index is 0.578.